The first kappa shape index (κ1) is 14.5. The SMILES string of the molecule is CCNCc1cnccc1OCCCc1ccccc1. The predicted octanol–water partition coefficient (Wildman–Crippen LogP) is 3.20. The van der Waals surface area contributed by atoms with Gasteiger partial charge in [-0.1, -0.05) is 37.3 Å². The number of ether oxygens (including phenoxy) is 1. The van der Waals surface area contributed by atoms with Crippen LogP contribution in [-0.2, 0) is 13.0 Å². The fourth-order valence-corrected chi connectivity index (χ4v) is 2.05. The lowest BCUT2D eigenvalue weighted by Gasteiger charge is -2.11. The molecule has 0 radical (unpaired) electrons. The molecule has 0 saturated heterocycles. The molecule has 106 valence electrons. The molecule has 2 aromatic rings. The molecule has 1 heterocycles. The summed E-state index contributed by atoms with van der Waals surface area (Å²) in [6.45, 7) is 4.58. The summed E-state index contributed by atoms with van der Waals surface area (Å²) in [5, 5.41) is 3.30. The number of hydrogen-bond acceptors (Lipinski definition) is 3. The lowest BCUT2D eigenvalue weighted by molar-refractivity contribution is 0.307. The van der Waals surface area contributed by atoms with Gasteiger partial charge in [0.1, 0.15) is 5.75 Å². The van der Waals surface area contributed by atoms with Gasteiger partial charge in [0.15, 0.2) is 0 Å². The van der Waals surface area contributed by atoms with Gasteiger partial charge in [0.05, 0.1) is 6.61 Å². The van der Waals surface area contributed by atoms with Crippen LogP contribution in [0.5, 0.6) is 5.75 Å². The van der Waals surface area contributed by atoms with Crippen LogP contribution in [0.25, 0.3) is 0 Å². The van der Waals surface area contributed by atoms with Gasteiger partial charge >= 0.3 is 0 Å². The third kappa shape index (κ3) is 4.67. The largest absolute Gasteiger partial charge is 0.493 e. The Morgan fingerprint density at radius 1 is 1.15 bits per heavy atom. The van der Waals surface area contributed by atoms with Gasteiger partial charge in [-0.25, -0.2) is 0 Å². The van der Waals surface area contributed by atoms with Crippen LogP contribution in [0.3, 0.4) is 0 Å². The van der Waals surface area contributed by atoms with Gasteiger partial charge in [-0.15, -0.1) is 0 Å². The highest BCUT2D eigenvalue weighted by molar-refractivity contribution is 5.29. The Morgan fingerprint density at radius 2 is 2.00 bits per heavy atom. The number of aryl methyl sites for hydroxylation is 1. The Labute approximate surface area is 121 Å². The van der Waals surface area contributed by atoms with E-state index in [0.29, 0.717) is 0 Å². The summed E-state index contributed by atoms with van der Waals surface area (Å²) in [4.78, 5) is 4.15. The van der Waals surface area contributed by atoms with Crippen LogP contribution in [0.2, 0.25) is 0 Å². The first-order valence-electron chi connectivity index (χ1n) is 7.20. The van der Waals surface area contributed by atoms with Crippen molar-refractivity contribution in [3.05, 3.63) is 59.9 Å². The number of nitrogens with zero attached hydrogens (tertiary/aromatic N) is 1. The van der Waals surface area contributed by atoms with Crippen LogP contribution < -0.4 is 10.1 Å². The van der Waals surface area contributed by atoms with E-state index in [1.807, 2.05) is 18.3 Å². The van der Waals surface area contributed by atoms with Gasteiger partial charge in [-0.05, 0) is 31.0 Å². The lowest BCUT2D eigenvalue weighted by Crippen LogP contribution is -2.13. The quantitative estimate of drug-likeness (QED) is 0.748. The van der Waals surface area contributed by atoms with Crippen molar-refractivity contribution in [3.63, 3.8) is 0 Å². The van der Waals surface area contributed by atoms with Gasteiger partial charge in [0, 0.05) is 24.5 Å². The number of benzene rings is 1. The van der Waals surface area contributed by atoms with Crippen molar-refractivity contribution >= 4 is 0 Å². The van der Waals surface area contributed by atoms with E-state index in [4.69, 9.17) is 4.74 Å². The van der Waals surface area contributed by atoms with Crippen LogP contribution in [-0.4, -0.2) is 18.1 Å². The Balaban J connectivity index is 1.79. The molecule has 1 N–H and O–H groups in total. The molecular formula is C17H22N2O. The number of aromatic nitrogens is 1. The standard InChI is InChI=1S/C17H22N2O/c1-2-18-13-16-14-19-11-10-17(16)20-12-6-9-15-7-4-3-5-8-15/h3-5,7-8,10-11,14,18H,2,6,9,12-13H2,1H3. The highest BCUT2D eigenvalue weighted by Gasteiger charge is 2.02. The van der Waals surface area contributed by atoms with E-state index < -0.39 is 0 Å². The summed E-state index contributed by atoms with van der Waals surface area (Å²) >= 11 is 0. The summed E-state index contributed by atoms with van der Waals surface area (Å²) in [7, 11) is 0. The highest BCUT2D eigenvalue weighted by atomic mass is 16.5. The van der Waals surface area contributed by atoms with Gasteiger partial charge in [-0.2, -0.15) is 0 Å². The molecule has 3 heteroatoms. The summed E-state index contributed by atoms with van der Waals surface area (Å²) in [5.41, 5.74) is 2.48. The van der Waals surface area contributed by atoms with Crippen molar-refractivity contribution in [3.8, 4) is 5.75 Å². The minimum absolute atomic E-state index is 0.734. The fraction of sp³-hybridized carbons (Fsp3) is 0.353. The van der Waals surface area contributed by atoms with Crippen LogP contribution in [0.1, 0.15) is 24.5 Å². The number of rotatable bonds is 8. The third-order valence-corrected chi connectivity index (χ3v) is 3.13. The number of hydrogen-bond donors (Lipinski definition) is 1. The van der Waals surface area contributed by atoms with Crippen LogP contribution >= 0.6 is 0 Å². The van der Waals surface area contributed by atoms with Gasteiger partial charge in [0.25, 0.3) is 0 Å². The molecule has 0 aliphatic rings. The minimum Gasteiger partial charge on any atom is -0.493 e. The van der Waals surface area contributed by atoms with Crippen molar-refractivity contribution in [1.29, 1.82) is 0 Å². The summed E-state index contributed by atoms with van der Waals surface area (Å²) in [6, 6.07) is 12.5. The maximum absolute atomic E-state index is 5.88. The second-order valence-electron chi connectivity index (χ2n) is 4.70. The zero-order chi connectivity index (χ0) is 14.0. The van der Waals surface area contributed by atoms with Crippen LogP contribution in [0.4, 0.5) is 0 Å². The normalized spacial score (nSPS) is 10.4. The van der Waals surface area contributed by atoms with Crippen molar-refractivity contribution in [2.75, 3.05) is 13.2 Å². The second-order valence-corrected chi connectivity index (χ2v) is 4.70. The topological polar surface area (TPSA) is 34.2 Å². The maximum Gasteiger partial charge on any atom is 0.126 e. The molecule has 0 unspecified atom stereocenters. The molecule has 0 fully saturated rings. The summed E-state index contributed by atoms with van der Waals surface area (Å²) < 4.78 is 5.88. The molecule has 20 heavy (non-hydrogen) atoms. The monoisotopic (exact) mass is 270 g/mol. The van der Waals surface area contributed by atoms with E-state index in [1.165, 1.54) is 5.56 Å². The average Bonchev–Trinajstić information content (AvgIpc) is 2.51. The average molecular weight is 270 g/mol. The van der Waals surface area contributed by atoms with E-state index in [9.17, 15) is 0 Å². The van der Waals surface area contributed by atoms with Crippen LogP contribution in [0.15, 0.2) is 48.8 Å². The Bertz CT molecular complexity index is 499. The Kier molecular flexibility index (Phi) is 6.06. The van der Waals surface area contributed by atoms with Gasteiger partial charge < -0.3 is 10.1 Å². The van der Waals surface area contributed by atoms with Crippen molar-refractivity contribution in [2.45, 2.75) is 26.3 Å². The molecule has 1 aromatic carbocycles. The zero-order valence-electron chi connectivity index (χ0n) is 12.0. The molecule has 0 aliphatic carbocycles. The first-order chi connectivity index (χ1) is 9.90. The molecule has 0 atom stereocenters. The van der Waals surface area contributed by atoms with Gasteiger partial charge in [0.2, 0.25) is 0 Å². The van der Waals surface area contributed by atoms with E-state index in [1.54, 1.807) is 6.20 Å². The highest BCUT2D eigenvalue weighted by Crippen LogP contribution is 2.16. The molecule has 0 saturated carbocycles. The van der Waals surface area contributed by atoms with Crippen LogP contribution in [0, 0.1) is 0 Å². The zero-order valence-corrected chi connectivity index (χ0v) is 12.0. The van der Waals surface area contributed by atoms with E-state index in [2.05, 4.69) is 41.5 Å². The lowest BCUT2D eigenvalue weighted by atomic mass is 10.1. The molecule has 2 rings (SSSR count). The van der Waals surface area contributed by atoms with E-state index in [0.717, 1.165) is 43.9 Å². The number of pyridine rings is 1. The Morgan fingerprint density at radius 3 is 2.80 bits per heavy atom. The fourth-order valence-electron chi connectivity index (χ4n) is 2.05. The molecule has 1 aromatic heterocycles. The summed E-state index contributed by atoms with van der Waals surface area (Å²) in [6.07, 6.45) is 5.72. The Hall–Kier alpha value is -1.87. The molecule has 3 nitrogen and oxygen atoms in total. The summed E-state index contributed by atoms with van der Waals surface area (Å²) in [5.74, 6) is 0.939. The molecule has 0 aliphatic heterocycles. The van der Waals surface area contributed by atoms with Crippen molar-refractivity contribution in [2.24, 2.45) is 0 Å². The minimum atomic E-state index is 0.734. The maximum atomic E-state index is 5.88. The number of nitrogens with one attached hydrogen (secondary N) is 1. The molecule has 0 amide bonds. The molecule has 0 bridgehead atoms. The van der Waals surface area contributed by atoms with Crippen molar-refractivity contribution < 1.29 is 4.74 Å². The van der Waals surface area contributed by atoms with E-state index >= 15 is 0 Å². The first-order valence-corrected chi connectivity index (χ1v) is 7.20. The van der Waals surface area contributed by atoms with Gasteiger partial charge in [-0.3, -0.25) is 4.98 Å². The molecule has 0 spiro atoms. The van der Waals surface area contributed by atoms with Crippen molar-refractivity contribution in [1.82, 2.24) is 10.3 Å². The molecular weight excluding hydrogens is 248 g/mol. The third-order valence-electron chi connectivity index (χ3n) is 3.13. The smallest absolute Gasteiger partial charge is 0.126 e. The van der Waals surface area contributed by atoms with E-state index in [-0.39, 0.29) is 0 Å². The predicted molar refractivity (Wildman–Crippen MR) is 81.9 cm³/mol. The second kappa shape index (κ2) is 8.33.